The molecule has 3 unspecified atom stereocenters. The molecule has 3 N–H and O–H groups in total. The van der Waals surface area contributed by atoms with Gasteiger partial charge in [0.1, 0.15) is 0 Å². The topological polar surface area (TPSA) is 66.6 Å². The number of halogens is 1. The summed E-state index contributed by atoms with van der Waals surface area (Å²) in [5.74, 6) is 0.136. The van der Waals surface area contributed by atoms with E-state index in [-0.39, 0.29) is 24.4 Å². The Labute approximate surface area is 120 Å². The highest BCUT2D eigenvalue weighted by Crippen LogP contribution is 2.26. The Morgan fingerprint density at radius 1 is 1.47 bits per heavy atom. The highest BCUT2D eigenvalue weighted by Gasteiger charge is 2.34. The lowest BCUT2D eigenvalue weighted by Gasteiger charge is -2.24. The summed E-state index contributed by atoms with van der Waals surface area (Å²) < 4.78 is 0. The first kappa shape index (κ1) is 16.0. The molecule has 1 amide bonds. The smallest absolute Gasteiger partial charge is 0.256 e. The van der Waals surface area contributed by atoms with E-state index in [0.717, 1.165) is 6.42 Å². The van der Waals surface area contributed by atoms with E-state index in [1.807, 2.05) is 25.1 Å². The number of nitrogens with zero attached hydrogens (tertiary/aromatic N) is 1. The molecule has 0 saturated carbocycles. The number of hydrogen-bond donors (Lipinski definition) is 2. The van der Waals surface area contributed by atoms with Crippen LogP contribution in [-0.4, -0.2) is 35.0 Å². The van der Waals surface area contributed by atoms with Crippen molar-refractivity contribution in [2.45, 2.75) is 25.5 Å². The summed E-state index contributed by atoms with van der Waals surface area (Å²) in [6.07, 6.45) is -0.144. The second-order valence-corrected chi connectivity index (χ2v) is 4.99. The van der Waals surface area contributed by atoms with Crippen molar-refractivity contribution >= 4 is 18.3 Å². The minimum atomic E-state index is -1.06. The largest absolute Gasteiger partial charge is 0.378 e. The van der Waals surface area contributed by atoms with Crippen LogP contribution in [-0.2, 0) is 4.79 Å². The zero-order chi connectivity index (χ0) is 13.1. The van der Waals surface area contributed by atoms with Crippen LogP contribution in [0.1, 0.15) is 25.0 Å². The lowest BCUT2D eigenvalue weighted by molar-refractivity contribution is -0.141. The van der Waals surface area contributed by atoms with Gasteiger partial charge in [-0.3, -0.25) is 4.79 Å². The number of likely N-dealkylation sites (tertiary alicyclic amines) is 1. The van der Waals surface area contributed by atoms with Crippen LogP contribution in [0, 0.1) is 5.92 Å². The van der Waals surface area contributed by atoms with E-state index < -0.39 is 6.10 Å². The molecule has 0 radical (unpaired) electrons. The van der Waals surface area contributed by atoms with Crippen molar-refractivity contribution in [2.75, 3.05) is 13.1 Å². The van der Waals surface area contributed by atoms with Crippen molar-refractivity contribution in [1.29, 1.82) is 0 Å². The molecule has 1 fully saturated rings. The Morgan fingerprint density at radius 3 is 2.63 bits per heavy atom. The Bertz CT molecular complexity index is 413. The minimum absolute atomic E-state index is 0. The monoisotopic (exact) mass is 284 g/mol. The molecule has 106 valence electrons. The first-order valence-corrected chi connectivity index (χ1v) is 6.37. The van der Waals surface area contributed by atoms with Crippen LogP contribution < -0.4 is 5.73 Å². The molecule has 2 rings (SSSR count). The Morgan fingerprint density at radius 2 is 2.11 bits per heavy atom. The van der Waals surface area contributed by atoms with E-state index in [0.29, 0.717) is 24.6 Å². The highest BCUT2D eigenvalue weighted by molar-refractivity contribution is 5.85. The first-order valence-electron chi connectivity index (χ1n) is 6.37. The van der Waals surface area contributed by atoms with E-state index in [4.69, 9.17) is 5.73 Å². The average Bonchev–Trinajstić information content (AvgIpc) is 2.79. The van der Waals surface area contributed by atoms with Gasteiger partial charge in [-0.1, -0.05) is 30.3 Å². The van der Waals surface area contributed by atoms with Gasteiger partial charge in [-0.05, 0) is 31.4 Å². The summed E-state index contributed by atoms with van der Waals surface area (Å²) in [5.41, 5.74) is 6.29. The maximum Gasteiger partial charge on any atom is 0.256 e. The number of aliphatic hydroxyl groups excluding tert-OH is 1. The molecule has 1 aliphatic heterocycles. The molecular formula is C14H21ClN2O2. The van der Waals surface area contributed by atoms with Crippen LogP contribution in [0.2, 0.25) is 0 Å². The Hall–Kier alpha value is -1.10. The number of aliphatic hydroxyl groups is 1. The number of carbonyl (C=O) groups is 1. The van der Waals surface area contributed by atoms with Crippen molar-refractivity contribution in [2.24, 2.45) is 11.7 Å². The number of hydrogen-bond acceptors (Lipinski definition) is 3. The van der Waals surface area contributed by atoms with Crippen molar-refractivity contribution in [3.63, 3.8) is 0 Å². The first-order chi connectivity index (χ1) is 8.63. The quantitative estimate of drug-likeness (QED) is 0.880. The van der Waals surface area contributed by atoms with Crippen LogP contribution in [0.5, 0.6) is 0 Å². The van der Waals surface area contributed by atoms with Gasteiger partial charge in [0.25, 0.3) is 5.91 Å². The summed E-state index contributed by atoms with van der Waals surface area (Å²) in [5, 5.41) is 10.1. The normalized spacial score (nSPS) is 23.8. The number of rotatable bonds is 3. The van der Waals surface area contributed by atoms with Crippen molar-refractivity contribution in [1.82, 2.24) is 4.90 Å². The number of nitrogens with two attached hydrogens (primary N) is 1. The highest BCUT2D eigenvalue weighted by atomic mass is 35.5. The predicted molar refractivity (Wildman–Crippen MR) is 77.0 cm³/mol. The van der Waals surface area contributed by atoms with Crippen LogP contribution in [0.15, 0.2) is 30.3 Å². The molecule has 0 aliphatic carbocycles. The predicted octanol–water partition coefficient (Wildman–Crippen LogP) is 1.34. The second-order valence-electron chi connectivity index (χ2n) is 4.99. The average molecular weight is 285 g/mol. The molecule has 1 aromatic carbocycles. The molecule has 1 aromatic rings. The van der Waals surface area contributed by atoms with E-state index in [1.54, 1.807) is 17.0 Å². The molecule has 0 bridgehead atoms. The van der Waals surface area contributed by atoms with E-state index in [2.05, 4.69) is 0 Å². The third-order valence-corrected chi connectivity index (χ3v) is 3.63. The molecule has 1 aliphatic rings. The van der Waals surface area contributed by atoms with Gasteiger partial charge in [-0.15, -0.1) is 12.4 Å². The molecule has 5 heteroatoms. The molecule has 1 heterocycles. The maximum atomic E-state index is 12.3. The molecular weight excluding hydrogens is 264 g/mol. The fraction of sp³-hybridized carbons (Fsp3) is 0.500. The van der Waals surface area contributed by atoms with E-state index >= 15 is 0 Å². The van der Waals surface area contributed by atoms with Gasteiger partial charge in [-0.25, -0.2) is 0 Å². The van der Waals surface area contributed by atoms with Crippen molar-refractivity contribution in [3.05, 3.63) is 35.9 Å². The van der Waals surface area contributed by atoms with Crippen LogP contribution in [0.25, 0.3) is 0 Å². The summed E-state index contributed by atoms with van der Waals surface area (Å²) in [6.45, 7) is 3.25. The van der Waals surface area contributed by atoms with Gasteiger partial charge >= 0.3 is 0 Å². The van der Waals surface area contributed by atoms with Gasteiger partial charge in [0, 0.05) is 12.6 Å². The molecule has 1 saturated heterocycles. The SMILES string of the molecule is CC1CC(CN)CN1C(=O)C(O)c1ccccc1.Cl. The van der Waals surface area contributed by atoms with Gasteiger partial charge in [-0.2, -0.15) is 0 Å². The lowest BCUT2D eigenvalue weighted by Crippen LogP contribution is -2.38. The van der Waals surface area contributed by atoms with E-state index in [9.17, 15) is 9.90 Å². The number of amides is 1. The number of benzene rings is 1. The van der Waals surface area contributed by atoms with Crippen molar-refractivity contribution < 1.29 is 9.90 Å². The van der Waals surface area contributed by atoms with E-state index in [1.165, 1.54) is 0 Å². The summed E-state index contributed by atoms with van der Waals surface area (Å²) in [6, 6.07) is 9.20. The van der Waals surface area contributed by atoms with Crippen LogP contribution >= 0.6 is 12.4 Å². The lowest BCUT2D eigenvalue weighted by atomic mass is 10.1. The third kappa shape index (κ3) is 3.47. The Kier molecular flexibility index (Phi) is 5.79. The Balaban J connectivity index is 0.00000180. The summed E-state index contributed by atoms with van der Waals surface area (Å²) in [7, 11) is 0. The standard InChI is InChI=1S/C14H20N2O2.ClH/c1-10-7-11(8-15)9-16(10)14(18)13(17)12-5-3-2-4-6-12;/h2-6,10-11,13,17H,7-9,15H2,1H3;1H. The fourth-order valence-electron chi connectivity index (χ4n) is 2.56. The van der Waals surface area contributed by atoms with Gasteiger partial charge in [0.15, 0.2) is 6.10 Å². The van der Waals surface area contributed by atoms with Gasteiger partial charge in [0.2, 0.25) is 0 Å². The number of carbonyl (C=O) groups excluding carboxylic acids is 1. The summed E-state index contributed by atoms with van der Waals surface area (Å²) >= 11 is 0. The van der Waals surface area contributed by atoms with Gasteiger partial charge in [0.05, 0.1) is 0 Å². The maximum absolute atomic E-state index is 12.3. The third-order valence-electron chi connectivity index (χ3n) is 3.63. The molecule has 3 atom stereocenters. The summed E-state index contributed by atoms with van der Waals surface area (Å²) in [4.78, 5) is 14.0. The van der Waals surface area contributed by atoms with Crippen LogP contribution in [0.3, 0.4) is 0 Å². The van der Waals surface area contributed by atoms with Crippen LogP contribution in [0.4, 0.5) is 0 Å². The fourth-order valence-corrected chi connectivity index (χ4v) is 2.56. The zero-order valence-corrected chi connectivity index (χ0v) is 11.8. The minimum Gasteiger partial charge on any atom is -0.378 e. The molecule has 0 spiro atoms. The van der Waals surface area contributed by atoms with Crippen molar-refractivity contribution in [3.8, 4) is 0 Å². The molecule has 4 nitrogen and oxygen atoms in total. The van der Waals surface area contributed by atoms with Gasteiger partial charge < -0.3 is 15.7 Å². The molecule has 19 heavy (non-hydrogen) atoms. The zero-order valence-electron chi connectivity index (χ0n) is 11.0. The molecule has 0 aromatic heterocycles. The second kappa shape index (κ2) is 6.89.